The number of hydrogen-bond donors (Lipinski definition) is 0. The van der Waals surface area contributed by atoms with E-state index in [-0.39, 0.29) is 16.7 Å². The Morgan fingerprint density at radius 3 is 2.30 bits per heavy atom. The highest BCUT2D eigenvalue weighted by Gasteiger charge is 2.22. The van der Waals surface area contributed by atoms with Crippen LogP contribution in [0.15, 0.2) is 48.5 Å². The Morgan fingerprint density at radius 1 is 1.13 bits per heavy atom. The van der Waals surface area contributed by atoms with Gasteiger partial charge in [0.2, 0.25) is 0 Å². The molecule has 23 heavy (non-hydrogen) atoms. The zero-order valence-corrected chi connectivity index (χ0v) is 13.4. The summed E-state index contributed by atoms with van der Waals surface area (Å²) in [6.07, 6.45) is 0.988. The summed E-state index contributed by atoms with van der Waals surface area (Å²) in [5, 5.41) is 11.0. The summed E-state index contributed by atoms with van der Waals surface area (Å²) >= 11 is 0. The summed E-state index contributed by atoms with van der Waals surface area (Å²) in [7, 11) is 0. The monoisotopic (exact) mass is 313 g/mol. The minimum atomic E-state index is -0.736. The molecule has 2 aromatic rings. The van der Waals surface area contributed by atoms with E-state index >= 15 is 0 Å². The number of nitro groups is 1. The smallest absolute Gasteiger partial charge is 0.350 e. The van der Waals surface area contributed by atoms with Gasteiger partial charge in [-0.2, -0.15) is 0 Å². The van der Waals surface area contributed by atoms with Crippen LogP contribution in [0.5, 0.6) is 5.75 Å². The van der Waals surface area contributed by atoms with E-state index in [0.29, 0.717) is 5.75 Å². The van der Waals surface area contributed by atoms with Crippen LogP contribution in [-0.2, 0) is 5.41 Å². The SMILES string of the molecule is CCC(C)(C)c1ccc(OC(=O)c2ccccc2[N+](=O)[O-])cc1. The number of carbonyl (C=O) groups excluding carboxylic acids is 1. The molecule has 0 unspecified atom stereocenters. The van der Waals surface area contributed by atoms with Crippen LogP contribution in [0.2, 0.25) is 0 Å². The van der Waals surface area contributed by atoms with Crippen LogP contribution < -0.4 is 4.74 Å². The van der Waals surface area contributed by atoms with Gasteiger partial charge in [0.25, 0.3) is 5.69 Å². The molecule has 0 N–H and O–H groups in total. The first-order valence-corrected chi connectivity index (χ1v) is 7.41. The molecular formula is C18H19NO4. The number of ether oxygens (including phenoxy) is 1. The van der Waals surface area contributed by atoms with Gasteiger partial charge in [0.05, 0.1) is 4.92 Å². The summed E-state index contributed by atoms with van der Waals surface area (Å²) in [6, 6.07) is 13.0. The lowest BCUT2D eigenvalue weighted by atomic mass is 9.82. The Morgan fingerprint density at radius 2 is 1.74 bits per heavy atom. The average Bonchev–Trinajstić information content (AvgIpc) is 2.55. The predicted octanol–water partition coefficient (Wildman–Crippen LogP) is 4.50. The first-order valence-electron chi connectivity index (χ1n) is 7.41. The Labute approximate surface area is 135 Å². The maximum absolute atomic E-state index is 12.2. The van der Waals surface area contributed by atoms with Crippen molar-refractivity contribution in [2.45, 2.75) is 32.6 Å². The fourth-order valence-corrected chi connectivity index (χ4v) is 2.15. The molecule has 2 aromatic carbocycles. The summed E-state index contributed by atoms with van der Waals surface area (Å²) in [5.41, 5.74) is 0.864. The number of benzene rings is 2. The normalized spacial score (nSPS) is 11.1. The molecule has 0 radical (unpaired) electrons. The van der Waals surface area contributed by atoms with Crippen molar-refractivity contribution in [2.75, 3.05) is 0 Å². The van der Waals surface area contributed by atoms with Gasteiger partial charge in [0.1, 0.15) is 11.3 Å². The molecule has 0 aromatic heterocycles. The standard InChI is InChI=1S/C18H19NO4/c1-4-18(2,3)13-9-11-14(12-10-13)23-17(20)15-7-5-6-8-16(15)19(21)22/h5-12H,4H2,1-3H3. The number of nitro benzene ring substituents is 1. The van der Waals surface area contributed by atoms with E-state index in [1.807, 2.05) is 12.1 Å². The van der Waals surface area contributed by atoms with E-state index in [4.69, 9.17) is 4.74 Å². The van der Waals surface area contributed by atoms with Crippen molar-refractivity contribution >= 4 is 11.7 Å². The molecule has 0 aliphatic rings. The van der Waals surface area contributed by atoms with Gasteiger partial charge in [-0.3, -0.25) is 10.1 Å². The van der Waals surface area contributed by atoms with Crippen molar-refractivity contribution in [1.82, 2.24) is 0 Å². The molecule has 0 atom stereocenters. The van der Waals surface area contributed by atoms with Gasteiger partial charge >= 0.3 is 5.97 Å². The fourth-order valence-electron chi connectivity index (χ4n) is 2.15. The molecule has 0 amide bonds. The van der Waals surface area contributed by atoms with Crippen molar-refractivity contribution < 1.29 is 14.5 Å². The number of nitrogens with zero attached hydrogens (tertiary/aromatic N) is 1. The van der Waals surface area contributed by atoms with E-state index in [1.165, 1.54) is 18.2 Å². The fraction of sp³-hybridized carbons (Fsp3) is 0.278. The number of para-hydroxylation sites is 1. The molecule has 5 heteroatoms. The van der Waals surface area contributed by atoms with Gasteiger partial charge in [-0.25, -0.2) is 4.79 Å². The summed E-state index contributed by atoms with van der Waals surface area (Å²) in [6.45, 7) is 6.39. The topological polar surface area (TPSA) is 69.4 Å². The molecule has 5 nitrogen and oxygen atoms in total. The molecular weight excluding hydrogens is 294 g/mol. The van der Waals surface area contributed by atoms with E-state index in [2.05, 4.69) is 20.8 Å². The van der Waals surface area contributed by atoms with Crippen LogP contribution in [0.3, 0.4) is 0 Å². The van der Waals surface area contributed by atoms with E-state index in [0.717, 1.165) is 12.0 Å². The minimum absolute atomic E-state index is 0.0424. The van der Waals surface area contributed by atoms with Gasteiger partial charge in [-0.15, -0.1) is 0 Å². The van der Waals surface area contributed by atoms with Crippen LogP contribution in [0.25, 0.3) is 0 Å². The van der Waals surface area contributed by atoms with Gasteiger partial charge in [0.15, 0.2) is 0 Å². The summed E-state index contributed by atoms with van der Waals surface area (Å²) < 4.78 is 5.25. The highest BCUT2D eigenvalue weighted by atomic mass is 16.6. The Kier molecular flexibility index (Phi) is 4.79. The molecule has 0 fully saturated rings. The molecule has 2 rings (SSSR count). The largest absolute Gasteiger partial charge is 0.423 e. The molecule has 0 aliphatic carbocycles. The molecule has 0 aliphatic heterocycles. The lowest BCUT2D eigenvalue weighted by molar-refractivity contribution is -0.385. The first-order chi connectivity index (χ1) is 10.8. The molecule has 0 saturated heterocycles. The van der Waals surface area contributed by atoms with Gasteiger partial charge in [-0.1, -0.05) is 45.0 Å². The Hall–Kier alpha value is -2.69. The van der Waals surface area contributed by atoms with Crippen molar-refractivity contribution in [1.29, 1.82) is 0 Å². The van der Waals surface area contributed by atoms with Crippen LogP contribution in [-0.4, -0.2) is 10.9 Å². The molecule has 0 heterocycles. The lowest BCUT2D eigenvalue weighted by Gasteiger charge is -2.23. The van der Waals surface area contributed by atoms with Crippen LogP contribution in [0.1, 0.15) is 43.1 Å². The molecule has 0 bridgehead atoms. The average molecular weight is 313 g/mol. The highest BCUT2D eigenvalue weighted by Crippen LogP contribution is 2.28. The number of esters is 1. The van der Waals surface area contributed by atoms with Gasteiger partial charge in [0, 0.05) is 6.07 Å². The summed E-state index contributed by atoms with van der Waals surface area (Å²) in [4.78, 5) is 22.5. The number of hydrogen-bond acceptors (Lipinski definition) is 4. The van der Waals surface area contributed by atoms with Crippen LogP contribution in [0, 0.1) is 10.1 Å². The van der Waals surface area contributed by atoms with Gasteiger partial charge in [-0.05, 0) is 35.6 Å². The van der Waals surface area contributed by atoms with E-state index in [9.17, 15) is 14.9 Å². The molecule has 0 spiro atoms. The van der Waals surface area contributed by atoms with Crippen molar-refractivity contribution in [3.05, 3.63) is 69.8 Å². The third-order valence-electron chi connectivity index (χ3n) is 4.05. The second-order valence-electron chi connectivity index (χ2n) is 5.93. The maximum Gasteiger partial charge on any atom is 0.350 e. The van der Waals surface area contributed by atoms with Crippen molar-refractivity contribution in [3.8, 4) is 5.75 Å². The van der Waals surface area contributed by atoms with Crippen molar-refractivity contribution in [2.24, 2.45) is 0 Å². The van der Waals surface area contributed by atoms with Crippen LogP contribution in [0.4, 0.5) is 5.69 Å². The van der Waals surface area contributed by atoms with E-state index < -0.39 is 10.9 Å². The van der Waals surface area contributed by atoms with Crippen molar-refractivity contribution in [3.63, 3.8) is 0 Å². The predicted molar refractivity (Wildman–Crippen MR) is 87.8 cm³/mol. The van der Waals surface area contributed by atoms with Gasteiger partial charge < -0.3 is 4.74 Å². The Bertz CT molecular complexity index is 720. The maximum atomic E-state index is 12.2. The number of carbonyl (C=O) groups is 1. The second kappa shape index (κ2) is 6.60. The quantitative estimate of drug-likeness (QED) is 0.352. The Balaban J connectivity index is 2.20. The zero-order valence-electron chi connectivity index (χ0n) is 13.4. The summed E-state index contributed by atoms with van der Waals surface area (Å²) in [5.74, 6) is -0.372. The van der Waals surface area contributed by atoms with E-state index in [1.54, 1.807) is 18.2 Å². The molecule has 0 saturated carbocycles. The number of rotatable bonds is 5. The third-order valence-corrected chi connectivity index (χ3v) is 4.05. The second-order valence-corrected chi connectivity index (χ2v) is 5.93. The molecule has 120 valence electrons. The zero-order chi connectivity index (χ0) is 17.0. The first kappa shape index (κ1) is 16.7. The van der Waals surface area contributed by atoms with Crippen LogP contribution >= 0.6 is 0 Å². The third kappa shape index (κ3) is 3.74. The highest BCUT2D eigenvalue weighted by molar-refractivity contribution is 5.95. The lowest BCUT2D eigenvalue weighted by Crippen LogP contribution is -2.15. The minimum Gasteiger partial charge on any atom is -0.423 e.